The summed E-state index contributed by atoms with van der Waals surface area (Å²) in [6, 6.07) is 11.6. The molecular formula is C16H15NO4. The second-order valence-electron chi connectivity index (χ2n) is 4.26. The molecule has 0 aliphatic carbocycles. The molecule has 0 saturated carbocycles. The maximum absolute atomic E-state index is 12.2. The number of anilines is 1. The quantitative estimate of drug-likeness (QED) is 0.858. The monoisotopic (exact) mass is 285 g/mol. The second-order valence-corrected chi connectivity index (χ2v) is 4.26. The van der Waals surface area contributed by atoms with E-state index in [1.54, 1.807) is 42.5 Å². The van der Waals surface area contributed by atoms with Crippen molar-refractivity contribution < 1.29 is 19.1 Å². The normalized spacial score (nSPS) is 9.81. The molecule has 0 saturated heterocycles. The number of amides is 1. The third-order valence-electron chi connectivity index (χ3n) is 2.94. The van der Waals surface area contributed by atoms with Gasteiger partial charge in [0.25, 0.3) is 5.91 Å². The molecular weight excluding hydrogens is 270 g/mol. The Balaban J connectivity index is 2.27. The molecule has 0 spiro atoms. The molecule has 0 aliphatic heterocycles. The van der Waals surface area contributed by atoms with Crippen molar-refractivity contribution in [1.82, 2.24) is 0 Å². The van der Waals surface area contributed by atoms with Crippen LogP contribution < -0.4 is 14.8 Å². The Kier molecular flexibility index (Phi) is 4.56. The number of carbonyl (C=O) groups excluding carboxylic acids is 2. The highest BCUT2D eigenvalue weighted by molar-refractivity contribution is 6.05. The van der Waals surface area contributed by atoms with Gasteiger partial charge < -0.3 is 14.8 Å². The average molecular weight is 285 g/mol. The van der Waals surface area contributed by atoms with Gasteiger partial charge in [0.15, 0.2) is 0 Å². The van der Waals surface area contributed by atoms with Crippen LogP contribution in [0.4, 0.5) is 5.69 Å². The van der Waals surface area contributed by atoms with Crippen molar-refractivity contribution in [2.24, 2.45) is 0 Å². The number of nitrogens with one attached hydrogen (secondary N) is 1. The topological polar surface area (TPSA) is 64.6 Å². The van der Waals surface area contributed by atoms with Crippen LogP contribution in [0, 0.1) is 0 Å². The Bertz CT molecular complexity index is 667. The van der Waals surface area contributed by atoms with Crippen molar-refractivity contribution in [3.8, 4) is 11.5 Å². The molecule has 0 radical (unpaired) electrons. The summed E-state index contributed by atoms with van der Waals surface area (Å²) >= 11 is 0. The lowest BCUT2D eigenvalue weighted by atomic mass is 10.1. The summed E-state index contributed by atoms with van der Waals surface area (Å²) in [4.78, 5) is 23.1. The Morgan fingerprint density at radius 2 is 1.90 bits per heavy atom. The van der Waals surface area contributed by atoms with E-state index in [4.69, 9.17) is 9.47 Å². The van der Waals surface area contributed by atoms with E-state index in [1.165, 1.54) is 14.2 Å². The van der Waals surface area contributed by atoms with Gasteiger partial charge in [0.2, 0.25) is 0 Å². The maximum Gasteiger partial charge on any atom is 0.255 e. The maximum atomic E-state index is 12.2. The molecule has 2 aromatic rings. The zero-order valence-electron chi connectivity index (χ0n) is 11.8. The minimum atomic E-state index is -0.310. The third-order valence-corrected chi connectivity index (χ3v) is 2.94. The van der Waals surface area contributed by atoms with Crippen molar-refractivity contribution in [2.75, 3.05) is 19.5 Å². The third kappa shape index (κ3) is 3.39. The number of carbonyl (C=O) groups is 2. The lowest BCUT2D eigenvalue weighted by Crippen LogP contribution is -2.13. The van der Waals surface area contributed by atoms with Crippen LogP contribution in [0.25, 0.3) is 0 Å². The Morgan fingerprint density at radius 1 is 1.10 bits per heavy atom. The standard InChI is InChI=1S/C16H15NO4/c1-20-13-5-3-4-12(9-13)16(19)17-14-8-11(10-18)6-7-15(14)21-2/h3-10H,1-2H3,(H,17,19). The molecule has 21 heavy (non-hydrogen) atoms. The molecule has 5 nitrogen and oxygen atoms in total. The molecule has 2 aromatic carbocycles. The molecule has 2 rings (SSSR count). The minimum absolute atomic E-state index is 0.310. The number of rotatable bonds is 5. The van der Waals surface area contributed by atoms with Gasteiger partial charge in [-0.05, 0) is 36.4 Å². The Hall–Kier alpha value is -2.82. The molecule has 0 bridgehead atoms. The van der Waals surface area contributed by atoms with Crippen LogP contribution in [0.15, 0.2) is 42.5 Å². The summed E-state index contributed by atoms with van der Waals surface area (Å²) in [5.41, 5.74) is 1.35. The summed E-state index contributed by atoms with van der Waals surface area (Å²) in [6.07, 6.45) is 0.709. The van der Waals surface area contributed by atoms with E-state index >= 15 is 0 Å². The highest BCUT2D eigenvalue weighted by atomic mass is 16.5. The van der Waals surface area contributed by atoms with Gasteiger partial charge in [-0.15, -0.1) is 0 Å². The van der Waals surface area contributed by atoms with Gasteiger partial charge in [-0.3, -0.25) is 9.59 Å². The summed E-state index contributed by atoms with van der Waals surface area (Å²) in [7, 11) is 3.03. The fourth-order valence-corrected chi connectivity index (χ4v) is 1.86. The highest BCUT2D eigenvalue weighted by Crippen LogP contribution is 2.26. The van der Waals surface area contributed by atoms with E-state index in [9.17, 15) is 9.59 Å². The zero-order valence-corrected chi connectivity index (χ0v) is 11.8. The smallest absolute Gasteiger partial charge is 0.255 e. The number of benzene rings is 2. The molecule has 0 unspecified atom stereocenters. The molecule has 108 valence electrons. The largest absolute Gasteiger partial charge is 0.497 e. The molecule has 1 amide bonds. The van der Waals surface area contributed by atoms with Crippen molar-refractivity contribution in [2.45, 2.75) is 0 Å². The SMILES string of the molecule is COc1cccc(C(=O)Nc2cc(C=O)ccc2OC)c1. The van der Waals surface area contributed by atoms with E-state index in [1.807, 2.05) is 0 Å². The van der Waals surface area contributed by atoms with Crippen molar-refractivity contribution in [3.63, 3.8) is 0 Å². The van der Waals surface area contributed by atoms with Gasteiger partial charge in [0.05, 0.1) is 19.9 Å². The molecule has 1 N–H and O–H groups in total. The van der Waals surface area contributed by atoms with E-state index in [0.29, 0.717) is 34.6 Å². The van der Waals surface area contributed by atoms with Crippen LogP contribution >= 0.6 is 0 Å². The van der Waals surface area contributed by atoms with E-state index < -0.39 is 0 Å². The zero-order chi connectivity index (χ0) is 15.2. The van der Waals surface area contributed by atoms with Gasteiger partial charge in [0.1, 0.15) is 17.8 Å². The number of ether oxygens (including phenoxy) is 2. The van der Waals surface area contributed by atoms with Gasteiger partial charge in [-0.2, -0.15) is 0 Å². The highest BCUT2D eigenvalue weighted by Gasteiger charge is 2.11. The molecule has 0 aromatic heterocycles. The minimum Gasteiger partial charge on any atom is -0.497 e. The first-order valence-corrected chi connectivity index (χ1v) is 6.26. The first kappa shape index (κ1) is 14.6. The van der Waals surface area contributed by atoms with Gasteiger partial charge in [-0.1, -0.05) is 6.07 Å². The van der Waals surface area contributed by atoms with Crippen LogP contribution in [-0.2, 0) is 0 Å². The Morgan fingerprint density at radius 3 is 2.57 bits per heavy atom. The summed E-state index contributed by atoms with van der Waals surface area (Å²) in [5, 5.41) is 2.73. The van der Waals surface area contributed by atoms with Crippen molar-refractivity contribution in [3.05, 3.63) is 53.6 Å². The van der Waals surface area contributed by atoms with Crippen LogP contribution in [0.2, 0.25) is 0 Å². The van der Waals surface area contributed by atoms with Gasteiger partial charge in [0, 0.05) is 11.1 Å². The molecule has 0 aliphatic rings. The molecule has 0 heterocycles. The number of aldehydes is 1. The van der Waals surface area contributed by atoms with E-state index in [-0.39, 0.29) is 5.91 Å². The fraction of sp³-hybridized carbons (Fsp3) is 0.125. The van der Waals surface area contributed by atoms with E-state index in [0.717, 1.165) is 0 Å². The summed E-state index contributed by atoms with van der Waals surface area (Å²) < 4.78 is 10.3. The first-order chi connectivity index (χ1) is 10.2. The number of hydrogen-bond donors (Lipinski definition) is 1. The van der Waals surface area contributed by atoms with Gasteiger partial charge >= 0.3 is 0 Å². The molecule has 5 heteroatoms. The van der Waals surface area contributed by atoms with Crippen LogP contribution in [0.1, 0.15) is 20.7 Å². The van der Waals surface area contributed by atoms with Crippen LogP contribution in [0.5, 0.6) is 11.5 Å². The van der Waals surface area contributed by atoms with Crippen molar-refractivity contribution >= 4 is 17.9 Å². The number of methoxy groups -OCH3 is 2. The average Bonchev–Trinajstić information content (AvgIpc) is 2.54. The lowest BCUT2D eigenvalue weighted by Gasteiger charge is -2.11. The summed E-state index contributed by atoms with van der Waals surface area (Å²) in [5.74, 6) is 0.767. The lowest BCUT2D eigenvalue weighted by molar-refractivity contribution is 0.102. The molecule has 0 fully saturated rings. The van der Waals surface area contributed by atoms with Crippen LogP contribution in [-0.4, -0.2) is 26.4 Å². The predicted molar refractivity (Wildman–Crippen MR) is 79.3 cm³/mol. The first-order valence-electron chi connectivity index (χ1n) is 6.26. The van der Waals surface area contributed by atoms with E-state index in [2.05, 4.69) is 5.32 Å². The van der Waals surface area contributed by atoms with Crippen molar-refractivity contribution in [1.29, 1.82) is 0 Å². The predicted octanol–water partition coefficient (Wildman–Crippen LogP) is 2.77. The number of hydrogen-bond acceptors (Lipinski definition) is 4. The van der Waals surface area contributed by atoms with Crippen LogP contribution in [0.3, 0.4) is 0 Å². The second kappa shape index (κ2) is 6.56. The summed E-state index contributed by atoms with van der Waals surface area (Å²) in [6.45, 7) is 0. The molecule has 0 atom stereocenters. The van der Waals surface area contributed by atoms with Gasteiger partial charge in [-0.25, -0.2) is 0 Å². The Labute approximate surface area is 122 Å². The fourth-order valence-electron chi connectivity index (χ4n) is 1.86.